The highest BCUT2D eigenvalue weighted by Gasteiger charge is 2.20. The van der Waals surface area contributed by atoms with E-state index in [1.165, 1.54) is 17.2 Å². The highest BCUT2D eigenvalue weighted by atomic mass is 16.7. The molecule has 2 N–H and O–H groups in total. The highest BCUT2D eigenvalue weighted by molar-refractivity contribution is 5.91. The number of fused-ring (bicyclic) bond motifs is 2. The maximum absolute atomic E-state index is 12.5. The van der Waals surface area contributed by atoms with Gasteiger partial charge in [0.2, 0.25) is 6.79 Å². The van der Waals surface area contributed by atoms with Crippen molar-refractivity contribution in [3.05, 3.63) is 58.3 Å². The molecule has 1 aliphatic heterocycles. The van der Waals surface area contributed by atoms with Crippen molar-refractivity contribution >= 4 is 16.8 Å². The summed E-state index contributed by atoms with van der Waals surface area (Å²) in [6.07, 6.45) is 1.40. The normalized spacial score (nSPS) is 12.5. The molecule has 3 aromatic rings. The van der Waals surface area contributed by atoms with Gasteiger partial charge < -0.3 is 28.9 Å². The number of aliphatic hydroxyl groups excluding tert-OH is 1. The molecule has 4 rings (SSSR count). The summed E-state index contributed by atoms with van der Waals surface area (Å²) in [4.78, 5) is 29.1. The van der Waals surface area contributed by atoms with Crippen LogP contribution in [0, 0.1) is 0 Å². The molecular weight excluding hydrogens is 340 g/mol. The van der Waals surface area contributed by atoms with Gasteiger partial charge in [-0.2, -0.15) is 0 Å². The van der Waals surface area contributed by atoms with E-state index in [4.69, 9.17) is 13.9 Å². The molecule has 0 fully saturated rings. The Bertz CT molecular complexity index is 1010. The Kier molecular flexibility index (Phi) is 4.10. The van der Waals surface area contributed by atoms with E-state index >= 15 is 0 Å². The number of furan rings is 1. The van der Waals surface area contributed by atoms with Crippen LogP contribution in [0.1, 0.15) is 16.1 Å². The van der Waals surface area contributed by atoms with Gasteiger partial charge in [-0.15, -0.1) is 0 Å². The summed E-state index contributed by atoms with van der Waals surface area (Å²) in [5.74, 6) is 0.943. The predicted molar refractivity (Wildman–Crippen MR) is 91.2 cm³/mol. The van der Waals surface area contributed by atoms with Crippen LogP contribution in [0.25, 0.3) is 10.9 Å². The molecule has 0 bridgehead atoms. The van der Waals surface area contributed by atoms with E-state index in [1.54, 1.807) is 24.3 Å². The quantitative estimate of drug-likeness (QED) is 0.717. The first kappa shape index (κ1) is 16.2. The molecule has 0 radical (unpaired) electrons. The van der Waals surface area contributed by atoms with Gasteiger partial charge in [0.15, 0.2) is 17.3 Å². The molecular formula is C18H16N2O6. The third-order valence-electron chi connectivity index (χ3n) is 4.16. The van der Waals surface area contributed by atoms with E-state index in [-0.39, 0.29) is 37.8 Å². The summed E-state index contributed by atoms with van der Waals surface area (Å²) in [5, 5.41) is 10.0. The minimum absolute atomic E-state index is 0.0415. The van der Waals surface area contributed by atoms with Gasteiger partial charge in [0.05, 0.1) is 24.9 Å². The molecule has 3 heterocycles. The standard InChI is InChI=1S/C18H16N2O6/c21-4-3-20(18(23)14-2-1-5-24-14)9-12-6-11-7-15-16(26-10-25-15)8-13(11)19-17(12)22/h1-2,5-8,21H,3-4,9-10H2,(H,19,22). The van der Waals surface area contributed by atoms with Gasteiger partial charge in [0.1, 0.15) is 0 Å². The van der Waals surface area contributed by atoms with E-state index in [2.05, 4.69) is 4.98 Å². The average Bonchev–Trinajstić information content (AvgIpc) is 3.31. The fraction of sp³-hybridized carbons (Fsp3) is 0.222. The van der Waals surface area contributed by atoms with E-state index in [9.17, 15) is 14.7 Å². The minimum atomic E-state index is -0.394. The number of pyridine rings is 1. The van der Waals surface area contributed by atoms with E-state index in [1.807, 2.05) is 0 Å². The average molecular weight is 356 g/mol. The first-order valence-corrected chi connectivity index (χ1v) is 8.05. The van der Waals surface area contributed by atoms with Crippen molar-refractivity contribution in [1.29, 1.82) is 0 Å². The lowest BCUT2D eigenvalue weighted by Gasteiger charge is -2.20. The van der Waals surface area contributed by atoms with Crippen LogP contribution in [0.2, 0.25) is 0 Å². The van der Waals surface area contributed by atoms with Crippen molar-refractivity contribution in [2.75, 3.05) is 19.9 Å². The first-order chi connectivity index (χ1) is 12.7. The zero-order valence-corrected chi connectivity index (χ0v) is 13.7. The molecule has 1 amide bonds. The smallest absolute Gasteiger partial charge is 0.289 e. The zero-order chi connectivity index (χ0) is 18.1. The lowest BCUT2D eigenvalue weighted by Crippen LogP contribution is -2.34. The number of carbonyl (C=O) groups excluding carboxylic acids is 1. The number of aromatic nitrogens is 1. The second kappa shape index (κ2) is 6.57. The number of aromatic amines is 1. The van der Waals surface area contributed by atoms with Gasteiger partial charge in [0, 0.05) is 23.6 Å². The van der Waals surface area contributed by atoms with Crippen molar-refractivity contribution in [2.24, 2.45) is 0 Å². The van der Waals surface area contributed by atoms with Gasteiger partial charge >= 0.3 is 0 Å². The Morgan fingerprint density at radius 2 is 2.04 bits per heavy atom. The van der Waals surface area contributed by atoms with E-state index < -0.39 is 5.91 Å². The molecule has 8 nitrogen and oxygen atoms in total. The van der Waals surface area contributed by atoms with Crippen LogP contribution in [0.15, 0.2) is 45.8 Å². The summed E-state index contributed by atoms with van der Waals surface area (Å²) in [6.45, 7) is 0.0409. The molecule has 1 aliphatic rings. The summed E-state index contributed by atoms with van der Waals surface area (Å²) >= 11 is 0. The number of ether oxygens (including phenoxy) is 2. The molecule has 2 aromatic heterocycles. The van der Waals surface area contributed by atoms with Crippen LogP contribution in [-0.2, 0) is 6.54 Å². The fourth-order valence-corrected chi connectivity index (χ4v) is 2.89. The zero-order valence-electron chi connectivity index (χ0n) is 13.7. The van der Waals surface area contributed by atoms with Crippen LogP contribution < -0.4 is 15.0 Å². The summed E-state index contributed by atoms with van der Waals surface area (Å²) < 4.78 is 15.8. The second-order valence-corrected chi connectivity index (χ2v) is 5.84. The lowest BCUT2D eigenvalue weighted by atomic mass is 10.1. The topological polar surface area (TPSA) is 105 Å². The number of aliphatic hydroxyl groups is 1. The van der Waals surface area contributed by atoms with Crippen molar-refractivity contribution in [2.45, 2.75) is 6.54 Å². The SMILES string of the molecule is O=C(c1ccco1)N(CCO)Cc1cc2cc3c(cc2[nH]c1=O)OCO3. The number of benzene rings is 1. The fourth-order valence-electron chi connectivity index (χ4n) is 2.89. The molecule has 134 valence electrons. The molecule has 0 saturated carbocycles. The van der Waals surface area contributed by atoms with Gasteiger partial charge in [-0.05, 0) is 24.3 Å². The Morgan fingerprint density at radius 3 is 2.77 bits per heavy atom. The number of H-pyrrole nitrogens is 1. The molecule has 0 unspecified atom stereocenters. The molecule has 0 aliphatic carbocycles. The van der Waals surface area contributed by atoms with Gasteiger partial charge in [-0.3, -0.25) is 9.59 Å². The molecule has 26 heavy (non-hydrogen) atoms. The van der Waals surface area contributed by atoms with Crippen molar-refractivity contribution in [3.8, 4) is 11.5 Å². The van der Waals surface area contributed by atoms with Gasteiger partial charge in [0.25, 0.3) is 11.5 Å². The summed E-state index contributed by atoms with van der Waals surface area (Å²) in [7, 11) is 0. The van der Waals surface area contributed by atoms with Crippen molar-refractivity contribution in [1.82, 2.24) is 9.88 Å². The molecule has 0 saturated heterocycles. The monoisotopic (exact) mass is 356 g/mol. The van der Waals surface area contributed by atoms with Crippen molar-refractivity contribution < 1.29 is 23.8 Å². The molecule has 0 spiro atoms. The van der Waals surface area contributed by atoms with Crippen LogP contribution in [-0.4, -0.2) is 40.8 Å². The van der Waals surface area contributed by atoms with Crippen LogP contribution in [0.5, 0.6) is 11.5 Å². The van der Waals surface area contributed by atoms with Crippen molar-refractivity contribution in [3.63, 3.8) is 0 Å². The number of amides is 1. The Labute approximate surface area is 147 Å². The third kappa shape index (κ3) is 2.91. The third-order valence-corrected chi connectivity index (χ3v) is 4.16. The van der Waals surface area contributed by atoms with Crippen LogP contribution in [0.3, 0.4) is 0 Å². The van der Waals surface area contributed by atoms with Gasteiger partial charge in [-0.1, -0.05) is 0 Å². The number of hydrogen-bond donors (Lipinski definition) is 2. The minimum Gasteiger partial charge on any atom is -0.459 e. The highest BCUT2D eigenvalue weighted by Crippen LogP contribution is 2.35. The van der Waals surface area contributed by atoms with Gasteiger partial charge in [-0.25, -0.2) is 0 Å². The Morgan fingerprint density at radius 1 is 1.23 bits per heavy atom. The Balaban J connectivity index is 1.68. The van der Waals surface area contributed by atoms with Crippen LogP contribution in [0.4, 0.5) is 0 Å². The first-order valence-electron chi connectivity index (χ1n) is 8.05. The number of rotatable bonds is 5. The number of nitrogens with zero attached hydrogens (tertiary/aromatic N) is 1. The molecule has 1 aromatic carbocycles. The summed E-state index contributed by atoms with van der Waals surface area (Å²) in [5.41, 5.74) is 0.699. The maximum Gasteiger partial charge on any atom is 0.289 e. The summed E-state index contributed by atoms with van der Waals surface area (Å²) in [6, 6.07) is 8.34. The Hall–Kier alpha value is -3.26. The second-order valence-electron chi connectivity index (χ2n) is 5.84. The molecule has 0 atom stereocenters. The largest absolute Gasteiger partial charge is 0.459 e. The number of carbonyl (C=O) groups is 1. The maximum atomic E-state index is 12.5. The van der Waals surface area contributed by atoms with E-state index in [0.29, 0.717) is 22.6 Å². The predicted octanol–water partition coefficient (Wildman–Crippen LogP) is 1.48. The number of hydrogen-bond acceptors (Lipinski definition) is 6. The van der Waals surface area contributed by atoms with Crippen LogP contribution >= 0.6 is 0 Å². The molecule has 8 heteroatoms. The number of nitrogens with one attached hydrogen (secondary N) is 1. The lowest BCUT2D eigenvalue weighted by molar-refractivity contribution is 0.0675. The van der Waals surface area contributed by atoms with E-state index in [0.717, 1.165) is 5.39 Å².